The van der Waals surface area contributed by atoms with E-state index in [-0.39, 0.29) is 52.8 Å². The number of aliphatic imine (C=N–C) groups is 6. The molecule has 0 saturated carbocycles. The molecule has 0 atom stereocenters. The van der Waals surface area contributed by atoms with Gasteiger partial charge in [0.05, 0.1) is 14.8 Å². The summed E-state index contributed by atoms with van der Waals surface area (Å²) < 4.78 is 0. The standard InChI is InChI=1S/C24H15N13O6/c38-35(39)16-7-1-4-13(10-16)25-19-28-22-30-20(26-14-5-2-8-17(11-14)36(40)41)32-24-33-21(31-23(29-19)34(22)24)27-15-6-3-9-18(12-15)37(42)43/h1-12H,(H3,25,26,27,28,29,30,31,32,33). The summed E-state index contributed by atoms with van der Waals surface area (Å²) in [5, 5.41) is 42.4. The van der Waals surface area contributed by atoms with Crippen LogP contribution in [0.2, 0.25) is 0 Å². The number of non-ortho nitro benzene ring substituents is 3. The van der Waals surface area contributed by atoms with Crippen molar-refractivity contribution in [2.45, 2.75) is 0 Å². The first-order valence-corrected chi connectivity index (χ1v) is 12.1. The number of nitrogens with zero attached hydrogens (tertiary/aromatic N) is 10. The smallest absolute Gasteiger partial charge is 0.271 e. The molecule has 0 saturated heterocycles. The minimum absolute atomic E-state index is 0.0118. The van der Waals surface area contributed by atoms with Crippen molar-refractivity contribution in [2.24, 2.45) is 30.0 Å². The van der Waals surface area contributed by atoms with E-state index in [0.29, 0.717) is 17.1 Å². The number of nitrogens with one attached hydrogen (secondary N) is 3. The van der Waals surface area contributed by atoms with Gasteiger partial charge in [-0.15, -0.1) is 0 Å². The van der Waals surface area contributed by atoms with Crippen molar-refractivity contribution >= 4 is 69.9 Å². The lowest BCUT2D eigenvalue weighted by molar-refractivity contribution is -0.385. The topological polar surface area (TPSA) is 243 Å². The van der Waals surface area contributed by atoms with E-state index in [9.17, 15) is 30.3 Å². The number of benzene rings is 3. The fourth-order valence-electron chi connectivity index (χ4n) is 3.93. The third kappa shape index (κ3) is 5.56. The summed E-state index contributed by atoms with van der Waals surface area (Å²) in [5.74, 6) is -0.0429. The van der Waals surface area contributed by atoms with Crippen LogP contribution in [0.1, 0.15) is 0 Å². The molecule has 3 aromatic rings. The molecule has 0 spiro atoms. The Balaban J connectivity index is 1.38. The van der Waals surface area contributed by atoms with Crippen LogP contribution in [-0.2, 0) is 0 Å². The second-order valence-electron chi connectivity index (χ2n) is 8.67. The average Bonchev–Trinajstić information content (AvgIpc) is 2.97. The van der Waals surface area contributed by atoms with Crippen molar-refractivity contribution in [2.75, 3.05) is 16.0 Å². The van der Waals surface area contributed by atoms with Crippen LogP contribution in [0.3, 0.4) is 0 Å². The van der Waals surface area contributed by atoms with E-state index >= 15 is 0 Å². The lowest BCUT2D eigenvalue weighted by Gasteiger charge is -2.30. The molecule has 0 radical (unpaired) electrons. The zero-order valence-electron chi connectivity index (χ0n) is 21.3. The number of hydrogen-bond acceptors (Lipinski definition) is 16. The molecule has 3 heterocycles. The van der Waals surface area contributed by atoms with Crippen LogP contribution in [-0.4, -0.2) is 55.4 Å². The highest BCUT2D eigenvalue weighted by molar-refractivity contribution is 6.32. The molecule has 212 valence electrons. The Labute approximate surface area is 238 Å². The van der Waals surface area contributed by atoms with E-state index in [4.69, 9.17) is 0 Å². The van der Waals surface area contributed by atoms with E-state index in [1.165, 1.54) is 59.5 Å². The van der Waals surface area contributed by atoms with E-state index in [1.54, 1.807) is 18.2 Å². The molecule has 19 heteroatoms. The monoisotopic (exact) mass is 581 g/mol. The van der Waals surface area contributed by atoms with Crippen LogP contribution in [0.4, 0.5) is 34.1 Å². The number of nitro groups is 3. The molecule has 3 aliphatic heterocycles. The first kappa shape index (κ1) is 26.3. The molecule has 0 aliphatic carbocycles. The third-order valence-corrected chi connectivity index (χ3v) is 5.77. The minimum Gasteiger partial charge on any atom is -0.324 e. The summed E-state index contributed by atoms with van der Waals surface area (Å²) >= 11 is 0. The Bertz CT molecular complexity index is 1690. The minimum atomic E-state index is -0.547. The van der Waals surface area contributed by atoms with Gasteiger partial charge in [0, 0.05) is 53.5 Å². The molecule has 0 bridgehead atoms. The molecule has 3 aromatic carbocycles. The molecule has 0 aromatic heterocycles. The van der Waals surface area contributed by atoms with Crippen LogP contribution < -0.4 is 16.0 Å². The zero-order chi connectivity index (χ0) is 30.1. The van der Waals surface area contributed by atoms with Crippen molar-refractivity contribution in [3.05, 3.63) is 103 Å². The largest absolute Gasteiger partial charge is 0.324 e. The van der Waals surface area contributed by atoms with Gasteiger partial charge in [0.15, 0.2) is 0 Å². The van der Waals surface area contributed by atoms with E-state index < -0.39 is 14.8 Å². The molecular weight excluding hydrogens is 566 g/mol. The van der Waals surface area contributed by atoms with Gasteiger partial charge in [0.2, 0.25) is 35.8 Å². The van der Waals surface area contributed by atoms with E-state index in [2.05, 4.69) is 45.9 Å². The first-order chi connectivity index (χ1) is 20.7. The van der Waals surface area contributed by atoms with Gasteiger partial charge in [-0.1, -0.05) is 18.2 Å². The summed E-state index contributed by atoms with van der Waals surface area (Å²) in [6, 6.07) is 17.1. The van der Waals surface area contributed by atoms with Crippen molar-refractivity contribution in [1.82, 2.24) is 4.90 Å². The highest BCUT2D eigenvalue weighted by atomic mass is 16.6. The lowest BCUT2D eigenvalue weighted by Crippen LogP contribution is -2.49. The number of rotatable bonds is 6. The predicted molar refractivity (Wildman–Crippen MR) is 157 cm³/mol. The quantitative estimate of drug-likeness (QED) is 0.282. The SMILES string of the molecule is O=[N+]([O-])c1cccc(NC2=NC3=NC(Nc4cccc([N+](=O)[O-])c4)=NC4=NC(Nc5cccc([N+](=O)[O-])c5)=NC(=N2)N34)c1. The van der Waals surface area contributed by atoms with Gasteiger partial charge in [-0.05, 0) is 18.2 Å². The first-order valence-electron chi connectivity index (χ1n) is 12.1. The fraction of sp³-hybridized carbons (Fsp3) is 0. The maximum absolute atomic E-state index is 11.2. The second-order valence-corrected chi connectivity index (χ2v) is 8.67. The Hall–Kier alpha value is -6.92. The number of anilines is 3. The predicted octanol–water partition coefficient (Wildman–Crippen LogP) is 3.53. The fourth-order valence-corrected chi connectivity index (χ4v) is 3.93. The van der Waals surface area contributed by atoms with E-state index in [0.717, 1.165) is 0 Å². The molecule has 3 aliphatic rings. The Morgan fingerprint density at radius 3 is 1.07 bits per heavy atom. The molecule has 0 amide bonds. The molecule has 6 rings (SSSR count). The second kappa shape index (κ2) is 10.6. The normalized spacial score (nSPS) is 14.9. The Kier molecular flexibility index (Phi) is 6.47. The van der Waals surface area contributed by atoms with Crippen LogP contribution in [0.5, 0.6) is 0 Å². The molecule has 0 fully saturated rings. The van der Waals surface area contributed by atoms with Gasteiger partial charge in [0.25, 0.3) is 17.1 Å². The summed E-state index contributed by atoms with van der Waals surface area (Å²) in [5.41, 5.74) is 0.470. The van der Waals surface area contributed by atoms with Crippen molar-refractivity contribution < 1.29 is 14.8 Å². The summed E-state index contributed by atoms with van der Waals surface area (Å²) in [7, 11) is 0. The lowest BCUT2D eigenvalue weighted by atomic mass is 10.3. The molecule has 19 nitrogen and oxygen atoms in total. The molecular formula is C24H15N13O6. The Morgan fingerprint density at radius 1 is 0.488 bits per heavy atom. The average molecular weight is 581 g/mol. The molecule has 43 heavy (non-hydrogen) atoms. The van der Waals surface area contributed by atoms with Gasteiger partial charge in [-0.25, -0.2) is 4.90 Å². The van der Waals surface area contributed by atoms with Crippen molar-refractivity contribution in [3.8, 4) is 0 Å². The zero-order valence-corrected chi connectivity index (χ0v) is 21.3. The molecule has 0 unspecified atom stereocenters. The third-order valence-electron chi connectivity index (χ3n) is 5.77. The van der Waals surface area contributed by atoms with Crippen LogP contribution in [0.25, 0.3) is 0 Å². The van der Waals surface area contributed by atoms with Gasteiger partial charge in [0.1, 0.15) is 0 Å². The highest BCUT2D eigenvalue weighted by Crippen LogP contribution is 2.23. The number of hydrogen-bond donors (Lipinski definition) is 3. The van der Waals surface area contributed by atoms with Crippen LogP contribution >= 0.6 is 0 Å². The maximum Gasteiger partial charge on any atom is 0.271 e. The van der Waals surface area contributed by atoms with Gasteiger partial charge in [-0.2, -0.15) is 30.0 Å². The van der Waals surface area contributed by atoms with E-state index in [1.807, 2.05) is 0 Å². The number of guanidine groups is 6. The van der Waals surface area contributed by atoms with Crippen LogP contribution in [0.15, 0.2) is 103 Å². The van der Waals surface area contributed by atoms with Gasteiger partial charge >= 0.3 is 0 Å². The highest BCUT2D eigenvalue weighted by Gasteiger charge is 2.35. The maximum atomic E-state index is 11.2. The summed E-state index contributed by atoms with van der Waals surface area (Å²) in [6.07, 6.45) is 0. The van der Waals surface area contributed by atoms with Crippen molar-refractivity contribution in [3.63, 3.8) is 0 Å². The van der Waals surface area contributed by atoms with Crippen molar-refractivity contribution in [1.29, 1.82) is 0 Å². The van der Waals surface area contributed by atoms with Gasteiger partial charge in [-0.3, -0.25) is 30.3 Å². The Morgan fingerprint density at radius 2 is 0.791 bits per heavy atom. The molecule has 3 N–H and O–H groups in total. The van der Waals surface area contributed by atoms with Gasteiger partial charge < -0.3 is 16.0 Å². The summed E-state index contributed by atoms with van der Waals surface area (Å²) in [4.78, 5) is 59.7. The van der Waals surface area contributed by atoms with Crippen LogP contribution in [0, 0.1) is 30.3 Å². The summed E-state index contributed by atoms with van der Waals surface area (Å²) in [6.45, 7) is 0. The number of nitro benzene ring substituents is 3.